The molecule has 0 saturated heterocycles. The Bertz CT molecular complexity index is 708. The number of anilines is 1. The van der Waals surface area contributed by atoms with Crippen LogP contribution in [0.2, 0.25) is 0 Å². The van der Waals surface area contributed by atoms with Gasteiger partial charge in [-0.05, 0) is 30.4 Å². The maximum absolute atomic E-state index is 12.2. The first-order valence-electron chi connectivity index (χ1n) is 7.92. The molecule has 1 aliphatic carbocycles. The maximum Gasteiger partial charge on any atom is 0.319 e. The normalized spacial score (nSPS) is 19.5. The molecule has 3 rings (SSSR count). The first kappa shape index (κ1) is 15.5. The summed E-state index contributed by atoms with van der Waals surface area (Å²) in [6, 6.07) is 7.46. The summed E-state index contributed by atoms with van der Waals surface area (Å²) in [6.07, 6.45) is 3.33. The van der Waals surface area contributed by atoms with Crippen molar-refractivity contribution in [1.29, 1.82) is 0 Å². The van der Waals surface area contributed by atoms with Gasteiger partial charge in [0.2, 0.25) is 11.7 Å². The van der Waals surface area contributed by atoms with Crippen molar-refractivity contribution < 1.29 is 9.32 Å². The van der Waals surface area contributed by atoms with E-state index in [-0.39, 0.29) is 17.5 Å². The van der Waals surface area contributed by atoms with Gasteiger partial charge in [-0.15, -0.1) is 0 Å². The van der Waals surface area contributed by atoms with Crippen LogP contribution in [0.5, 0.6) is 0 Å². The van der Waals surface area contributed by atoms with Gasteiger partial charge >= 0.3 is 6.03 Å². The zero-order valence-electron chi connectivity index (χ0n) is 13.7. The van der Waals surface area contributed by atoms with E-state index in [0.29, 0.717) is 17.4 Å². The highest BCUT2D eigenvalue weighted by molar-refractivity contribution is 5.90. The van der Waals surface area contributed by atoms with E-state index in [1.54, 1.807) is 6.92 Å². The topological polar surface area (TPSA) is 80.0 Å². The van der Waals surface area contributed by atoms with Gasteiger partial charge in [0.15, 0.2) is 0 Å². The van der Waals surface area contributed by atoms with Crippen molar-refractivity contribution >= 4 is 11.7 Å². The number of aryl methyl sites for hydroxylation is 1. The van der Waals surface area contributed by atoms with Crippen molar-refractivity contribution in [3.63, 3.8) is 0 Å². The van der Waals surface area contributed by atoms with Gasteiger partial charge < -0.3 is 15.2 Å². The molecule has 1 aliphatic rings. The lowest BCUT2D eigenvalue weighted by molar-refractivity contribution is 0.233. The molecule has 2 N–H and O–H groups in total. The van der Waals surface area contributed by atoms with Gasteiger partial charge in [0.25, 0.3) is 0 Å². The average Bonchev–Trinajstić information content (AvgIpc) is 3.06. The van der Waals surface area contributed by atoms with Crippen LogP contribution >= 0.6 is 0 Å². The summed E-state index contributed by atoms with van der Waals surface area (Å²) >= 11 is 0. The average molecular weight is 314 g/mol. The van der Waals surface area contributed by atoms with Gasteiger partial charge in [-0.3, -0.25) is 0 Å². The summed E-state index contributed by atoms with van der Waals surface area (Å²) in [5.41, 5.74) is 1.67. The summed E-state index contributed by atoms with van der Waals surface area (Å²) in [7, 11) is 0. The largest absolute Gasteiger partial charge is 0.339 e. The fourth-order valence-corrected chi connectivity index (χ4v) is 3.07. The minimum Gasteiger partial charge on any atom is -0.339 e. The molecule has 0 bridgehead atoms. The highest BCUT2D eigenvalue weighted by Crippen LogP contribution is 2.37. The Labute approximate surface area is 135 Å². The van der Waals surface area contributed by atoms with E-state index in [2.05, 4.69) is 34.6 Å². The van der Waals surface area contributed by atoms with E-state index in [1.807, 2.05) is 24.3 Å². The molecule has 6 nitrogen and oxygen atoms in total. The highest BCUT2D eigenvalue weighted by Gasteiger charge is 2.35. The van der Waals surface area contributed by atoms with Crippen LogP contribution < -0.4 is 10.6 Å². The Hall–Kier alpha value is -2.37. The van der Waals surface area contributed by atoms with Gasteiger partial charge in [0, 0.05) is 24.2 Å². The van der Waals surface area contributed by atoms with Crippen LogP contribution in [0.4, 0.5) is 10.5 Å². The first-order chi connectivity index (χ1) is 10.9. The molecule has 0 radical (unpaired) electrons. The van der Waals surface area contributed by atoms with Crippen LogP contribution in [0.15, 0.2) is 28.8 Å². The third kappa shape index (κ3) is 3.52. The predicted octanol–water partition coefficient (Wildman–Crippen LogP) is 3.75. The van der Waals surface area contributed by atoms with E-state index in [1.165, 1.54) is 0 Å². The lowest BCUT2D eigenvalue weighted by Gasteiger charge is -2.27. The number of carbonyl (C=O) groups is 1. The highest BCUT2D eigenvalue weighted by atomic mass is 16.5. The molecule has 1 heterocycles. The molecule has 1 aromatic carbocycles. The van der Waals surface area contributed by atoms with E-state index in [9.17, 15) is 4.79 Å². The lowest BCUT2D eigenvalue weighted by Crippen LogP contribution is -2.43. The van der Waals surface area contributed by atoms with Crippen LogP contribution in [0.1, 0.15) is 39.0 Å². The number of hydrogen-bond donors (Lipinski definition) is 2. The molecule has 0 spiro atoms. The summed E-state index contributed by atoms with van der Waals surface area (Å²) in [6.45, 7) is 6.14. The summed E-state index contributed by atoms with van der Waals surface area (Å²) in [5, 5.41) is 9.86. The minimum atomic E-state index is -0.175. The van der Waals surface area contributed by atoms with Gasteiger partial charge in [0.05, 0.1) is 0 Å². The zero-order valence-corrected chi connectivity index (χ0v) is 13.7. The number of rotatable bonds is 3. The smallest absolute Gasteiger partial charge is 0.319 e. The SMILES string of the molecule is Cc1nc(-c2cccc(NC(=O)NC3CCCC3(C)C)c2)no1. The van der Waals surface area contributed by atoms with Crippen molar-refractivity contribution in [3.05, 3.63) is 30.2 Å². The quantitative estimate of drug-likeness (QED) is 0.904. The third-order valence-corrected chi connectivity index (χ3v) is 4.47. The van der Waals surface area contributed by atoms with Crippen molar-refractivity contribution in [1.82, 2.24) is 15.5 Å². The van der Waals surface area contributed by atoms with E-state index >= 15 is 0 Å². The molecule has 6 heteroatoms. The fraction of sp³-hybridized carbons (Fsp3) is 0.471. The van der Waals surface area contributed by atoms with Crippen LogP contribution in [0, 0.1) is 12.3 Å². The first-order valence-corrected chi connectivity index (χ1v) is 7.92. The third-order valence-electron chi connectivity index (χ3n) is 4.47. The number of urea groups is 1. The van der Waals surface area contributed by atoms with Crippen molar-refractivity contribution in [2.45, 2.75) is 46.1 Å². The van der Waals surface area contributed by atoms with E-state index in [4.69, 9.17) is 4.52 Å². The molecule has 2 amide bonds. The molecule has 0 aliphatic heterocycles. The monoisotopic (exact) mass is 314 g/mol. The summed E-state index contributed by atoms with van der Waals surface area (Å²) < 4.78 is 4.99. The molecule has 1 aromatic heterocycles. The summed E-state index contributed by atoms with van der Waals surface area (Å²) in [5.74, 6) is 1.03. The van der Waals surface area contributed by atoms with Crippen LogP contribution in [-0.4, -0.2) is 22.2 Å². The maximum atomic E-state index is 12.2. The van der Waals surface area contributed by atoms with Crippen molar-refractivity contribution in [2.75, 3.05) is 5.32 Å². The number of benzene rings is 1. The van der Waals surface area contributed by atoms with Crippen molar-refractivity contribution in [3.8, 4) is 11.4 Å². The van der Waals surface area contributed by atoms with Crippen LogP contribution in [0.3, 0.4) is 0 Å². The fourth-order valence-electron chi connectivity index (χ4n) is 3.07. The molecule has 23 heavy (non-hydrogen) atoms. The second-order valence-corrected chi connectivity index (χ2v) is 6.75. The summed E-state index contributed by atoms with van der Waals surface area (Å²) in [4.78, 5) is 16.4. The Morgan fingerprint density at radius 1 is 1.39 bits per heavy atom. The molecule has 122 valence electrons. The van der Waals surface area contributed by atoms with E-state index in [0.717, 1.165) is 24.8 Å². The van der Waals surface area contributed by atoms with Crippen molar-refractivity contribution in [2.24, 2.45) is 5.41 Å². The zero-order chi connectivity index (χ0) is 16.4. The number of aromatic nitrogens is 2. The Morgan fingerprint density at radius 2 is 2.22 bits per heavy atom. The second kappa shape index (κ2) is 6.02. The molecular formula is C17H22N4O2. The minimum absolute atomic E-state index is 0.154. The van der Waals surface area contributed by atoms with Gasteiger partial charge in [-0.25, -0.2) is 4.79 Å². The Kier molecular flexibility index (Phi) is 4.07. The van der Waals surface area contributed by atoms with Crippen LogP contribution in [-0.2, 0) is 0 Å². The molecule has 1 atom stereocenters. The number of nitrogens with one attached hydrogen (secondary N) is 2. The van der Waals surface area contributed by atoms with E-state index < -0.39 is 0 Å². The molecule has 1 fully saturated rings. The standard InChI is InChI=1S/C17H22N4O2/c1-11-18-15(21-23-11)12-6-4-7-13(10-12)19-16(22)20-14-8-5-9-17(14,2)3/h4,6-7,10,14H,5,8-9H2,1-3H3,(H2,19,20,22). The Balaban J connectivity index is 1.67. The number of hydrogen-bond acceptors (Lipinski definition) is 4. The van der Waals surface area contributed by atoms with Gasteiger partial charge in [-0.1, -0.05) is 37.6 Å². The lowest BCUT2D eigenvalue weighted by atomic mass is 9.87. The molecule has 1 unspecified atom stereocenters. The second-order valence-electron chi connectivity index (χ2n) is 6.75. The molecular weight excluding hydrogens is 292 g/mol. The van der Waals surface area contributed by atoms with Crippen LogP contribution in [0.25, 0.3) is 11.4 Å². The molecule has 2 aromatic rings. The predicted molar refractivity (Wildman–Crippen MR) is 88.0 cm³/mol. The van der Waals surface area contributed by atoms with Gasteiger partial charge in [-0.2, -0.15) is 4.98 Å². The van der Waals surface area contributed by atoms with Gasteiger partial charge in [0.1, 0.15) is 0 Å². The Morgan fingerprint density at radius 3 is 2.87 bits per heavy atom. The number of nitrogens with zero attached hydrogens (tertiary/aromatic N) is 2. The molecule has 1 saturated carbocycles. The number of amides is 2. The number of carbonyl (C=O) groups excluding carboxylic acids is 1.